The molecule has 1 amide bonds. The molecule has 0 aromatic heterocycles. The van der Waals surface area contributed by atoms with Crippen molar-refractivity contribution >= 4 is 33.2 Å². The number of nitrogens with one attached hydrogen (secondary N) is 1. The van der Waals surface area contributed by atoms with E-state index in [0.29, 0.717) is 36.8 Å². The van der Waals surface area contributed by atoms with Crippen LogP contribution in [0.3, 0.4) is 0 Å². The zero-order chi connectivity index (χ0) is 37.4. The van der Waals surface area contributed by atoms with Gasteiger partial charge in [0.05, 0.1) is 17.5 Å². The summed E-state index contributed by atoms with van der Waals surface area (Å²) >= 11 is 6.51. The van der Waals surface area contributed by atoms with Gasteiger partial charge in [-0.1, -0.05) is 36.7 Å². The third-order valence-corrected chi connectivity index (χ3v) is 15.2. The smallest absolute Gasteiger partial charge is 0.264 e. The van der Waals surface area contributed by atoms with Crippen LogP contribution in [0.4, 0.5) is 5.69 Å². The lowest BCUT2D eigenvalue weighted by Crippen LogP contribution is -2.58. The van der Waals surface area contributed by atoms with Crippen molar-refractivity contribution in [3.8, 4) is 5.75 Å². The van der Waals surface area contributed by atoms with Crippen LogP contribution in [0.2, 0.25) is 5.02 Å². The van der Waals surface area contributed by atoms with Crippen LogP contribution in [-0.2, 0) is 31.3 Å². The average molecular weight is 769 g/mol. The molecule has 1 N–H and O–H groups in total. The lowest BCUT2D eigenvalue weighted by molar-refractivity contribution is -0.0949. The number of nitrogens with zero attached hydrogens (tertiary/aromatic N) is 3. The third-order valence-electron chi connectivity index (χ3n) is 13.0. The number of hydrogen-bond acceptors (Lipinski definition) is 9. The van der Waals surface area contributed by atoms with E-state index in [9.17, 15) is 13.2 Å². The molecule has 10 nitrogen and oxygen atoms in total. The number of fused-ring (bicyclic) bond motifs is 4. The van der Waals surface area contributed by atoms with Gasteiger partial charge in [-0.05, 0) is 111 Å². The second kappa shape index (κ2) is 15.8. The summed E-state index contributed by atoms with van der Waals surface area (Å²) in [5, 5.41) is -0.0786. The summed E-state index contributed by atoms with van der Waals surface area (Å²) < 4.78 is 49.2. The standard InChI is InChI=1S/C41H57ClN4O6S/c1-29-7-5-17-41(51-4,27-45-20-18-44(2)19-21-45)35-12-9-32(35)25-46-26-40(16-6-8-30-23-33(42)11-13-34(30)40)28-52-37-14-10-31(24-36(37)46)39(47)43-53(48,49)38(29)15-22-50-3/h5,10-11,13-14,17,23-24,29,32,35,38H,6-9,12,15-16,18-22,25-28H2,1-4H3,(H,43,47)/b17-5+/t29-,32-,35+,38+,40-,41+/m0/s1. The van der Waals surface area contributed by atoms with E-state index in [1.54, 1.807) is 13.2 Å². The number of rotatable bonds is 6. The van der Waals surface area contributed by atoms with Crippen LogP contribution in [0.25, 0.3) is 0 Å². The summed E-state index contributed by atoms with van der Waals surface area (Å²) in [6.07, 6.45) is 10.3. The van der Waals surface area contributed by atoms with Gasteiger partial charge in [-0.3, -0.25) is 9.69 Å². The van der Waals surface area contributed by atoms with Gasteiger partial charge in [0.2, 0.25) is 10.0 Å². The van der Waals surface area contributed by atoms with E-state index in [1.807, 2.05) is 32.2 Å². The average Bonchev–Trinajstić information content (AvgIpc) is 3.27. The molecule has 12 heteroatoms. The van der Waals surface area contributed by atoms with Gasteiger partial charge in [-0.25, -0.2) is 13.1 Å². The number of sulfonamides is 1. The molecule has 2 aromatic rings. The van der Waals surface area contributed by atoms with Gasteiger partial charge >= 0.3 is 0 Å². The maximum absolute atomic E-state index is 14.0. The van der Waals surface area contributed by atoms with Crippen LogP contribution in [0.5, 0.6) is 5.75 Å². The number of halogens is 1. The molecule has 3 heterocycles. The minimum absolute atomic E-state index is 0.257. The van der Waals surface area contributed by atoms with Gasteiger partial charge in [0.25, 0.3) is 5.91 Å². The van der Waals surface area contributed by atoms with Crippen LogP contribution >= 0.6 is 11.6 Å². The maximum Gasteiger partial charge on any atom is 0.264 e. The Labute approximate surface area is 321 Å². The molecule has 7 rings (SSSR count). The minimum atomic E-state index is -4.06. The molecule has 2 fully saturated rings. The zero-order valence-corrected chi connectivity index (χ0v) is 33.4. The van der Waals surface area contributed by atoms with Gasteiger partial charge < -0.3 is 24.0 Å². The van der Waals surface area contributed by atoms with Crippen molar-refractivity contribution in [2.75, 3.05) is 85.2 Å². The van der Waals surface area contributed by atoms with E-state index in [0.717, 1.165) is 82.1 Å². The Hall–Kier alpha value is -2.67. The van der Waals surface area contributed by atoms with Gasteiger partial charge in [-0.15, -0.1) is 0 Å². The van der Waals surface area contributed by atoms with Gasteiger partial charge in [-0.2, -0.15) is 0 Å². The predicted octanol–water partition coefficient (Wildman–Crippen LogP) is 5.53. The molecule has 0 radical (unpaired) electrons. The Bertz CT molecular complexity index is 1780. The van der Waals surface area contributed by atoms with Crippen LogP contribution < -0.4 is 14.4 Å². The summed E-state index contributed by atoms with van der Waals surface area (Å²) in [6, 6.07) is 11.6. The normalized spacial score (nSPS) is 32.8. The number of aryl methyl sites for hydroxylation is 1. The molecule has 290 valence electrons. The molecule has 1 saturated heterocycles. The number of piperazine rings is 1. The highest BCUT2D eigenvalue weighted by Gasteiger charge is 2.50. The first-order valence-electron chi connectivity index (χ1n) is 19.5. The molecular formula is C41H57ClN4O6S. The number of methoxy groups -OCH3 is 2. The molecular weight excluding hydrogens is 712 g/mol. The molecule has 2 bridgehead atoms. The molecule has 2 aliphatic carbocycles. The SMILES string of the molecule is COCC[C@@H]1[C@@H](C)C/C=C/[C@](CN2CCN(C)CC2)(OC)[C@@H]2CC[C@H]2CN2C[C@@]3(CCCc4cc(Cl)ccc43)COc3ccc(cc32)C(=O)NS1(=O)=O. The Morgan fingerprint density at radius 2 is 1.89 bits per heavy atom. The highest BCUT2D eigenvalue weighted by Crippen LogP contribution is 2.49. The van der Waals surface area contributed by atoms with Crippen molar-refractivity contribution in [2.24, 2.45) is 17.8 Å². The van der Waals surface area contributed by atoms with Crippen molar-refractivity contribution in [3.63, 3.8) is 0 Å². The number of amides is 1. The Morgan fingerprint density at radius 1 is 1.08 bits per heavy atom. The Morgan fingerprint density at radius 3 is 2.62 bits per heavy atom. The molecule has 1 saturated carbocycles. The largest absolute Gasteiger partial charge is 0.490 e. The minimum Gasteiger partial charge on any atom is -0.490 e. The first-order valence-corrected chi connectivity index (χ1v) is 21.4. The van der Waals surface area contributed by atoms with Crippen LogP contribution in [0.15, 0.2) is 48.6 Å². The lowest BCUT2D eigenvalue weighted by atomic mass is 9.63. The number of anilines is 1. The van der Waals surface area contributed by atoms with Crippen LogP contribution in [0.1, 0.15) is 66.9 Å². The molecule has 3 aliphatic heterocycles. The number of ether oxygens (including phenoxy) is 3. The number of allylic oxidation sites excluding steroid dienone is 1. The summed E-state index contributed by atoms with van der Waals surface area (Å²) in [6.45, 7) is 8.98. The van der Waals surface area contributed by atoms with E-state index >= 15 is 0 Å². The summed E-state index contributed by atoms with van der Waals surface area (Å²) in [7, 11) is 1.54. The number of carbonyl (C=O) groups excluding carboxylic acids is 1. The summed E-state index contributed by atoms with van der Waals surface area (Å²) in [5.41, 5.74) is 2.86. The maximum atomic E-state index is 14.0. The molecule has 1 spiro atoms. The first-order chi connectivity index (χ1) is 25.5. The quantitative estimate of drug-likeness (QED) is 0.381. The van der Waals surface area contributed by atoms with Crippen LogP contribution in [-0.4, -0.2) is 115 Å². The fraction of sp³-hybridized carbons (Fsp3) is 0.634. The summed E-state index contributed by atoms with van der Waals surface area (Å²) in [4.78, 5) is 21.2. The topological polar surface area (TPSA) is 101 Å². The van der Waals surface area contributed by atoms with Crippen molar-refractivity contribution < 1.29 is 27.4 Å². The fourth-order valence-electron chi connectivity index (χ4n) is 9.78. The van der Waals surface area contributed by atoms with Crippen molar-refractivity contribution in [1.82, 2.24) is 14.5 Å². The van der Waals surface area contributed by atoms with Crippen molar-refractivity contribution in [1.29, 1.82) is 0 Å². The highest BCUT2D eigenvalue weighted by molar-refractivity contribution is 7.90. The van der Waals surface area contributed by atoms with Crippen molar-refractivity contribution in [2.45, 2.75) is 68.1 Å². The number of carbonyl (C=O) groups is 1. The van der Waals surface area contributed by atoms with E-state index < -0.39 is 26.8 Å². The predicted molar refractivity (Wildman–Crippen MR) is 210 cm³/mol. The third kappa shape index (κ3) is 7.89. The second-order valence-electron chi connectivity index (χ2n) is 16.4. The zero-order valence-electron chi connectivity index (χ0n) is 31.8. The number of hydrogen-bond donors (Lipinski definition) is 1. The Kier molecular flexibility index (Phi) is 11.5. The Balaban J connectivity index is 1.32. The van der Waals surface area contributed by atoms with Gasteiger partial charge in [0.1, 0.15) is 11.4 Å². The van der Waals surface area contributed by atoms with Gasteiger partial charge in [0.15, 0.2) is 0 Å². The van der Waals surface area contributed by atoms with E-state index in [-0.39, 0.29) is 30.3 Å². The van der Waals surface area contributed by atoms with Crippen molar-refractivity contribution in [3.05, 3.63) is 70.3 Å². The first kappa shape index (κ1) is 38.6. The lowest BCUT2D eigenvalue weighted by Gasteiger charge is -2.52. The molecule has 6 atom stereocenters. The van der Waals surface area contributed by atoms with E-state index in [1.165, 1.54) is 11.1 Å². The fourth-order valence-corrected chi connectivity index (χ4v) is 11.6. The number of likely N-dealkylation sites (N-methyl/N-ethyl adjacent to an activating group) is 1. The monoisotopic (exact) mass is 768 g/mol. The molecule has 0 unspecified atom stereocenters. The highest BCUT2D eigenvalue weighted by atomic mass is 35.5. The number of benzene rings is 2. The molecule has 53 heavy (non-hydrogen) atoms. The molecule has 2 aromatic carbocycles. The van der Waals surface area contributed by atoms with Crippen LogP contribution in [0, 0.1) is 17.8 Å². The van der Waals surface area contributed by atoms with Gasteiger partial charge in [0, 0.05) is 82.6 Å². The van der Waals surface area contributed by atoms with E-state index in [2.05, 4.69) is 50.8 Å². The van der Waals surface area contributed by atoms with E-state index in [4.69, 9.17) is 25.8 Å². The summed E-state index contributed by atoms with van der Waals surface area (Å²) in [5.74, 6) is 0.401. The molecule has 5 aliphatic rings. The second-order valence-corrected chi connectivity index (χ2v) is 18.7.